The summed E-state index contributed by atoms with van der Waals surface area (Å²) >= 11 is 0. The SMILES string of the molecule is Cc1ccc(C(=O)Oc2ccc(/C=N/NC(=O)COc3cccc(C)c3C)cc2)cc1. The van der Waals surface area contributed by atoms with Gasteiger partial charge in [0.15, 0.2) is 6.61 Å². The first-order valence-corrected chi connectivity index (χ1v) is 9.82. The van der Waals surface area contributed by atoms with Crippen LogP contribution in [0.2, 0.25) is 0 Å². The van der Waals surface area contributed by atoms with Gasteiger partial charge in [-0.1, -0.05) is 29.8 Å². The summed E-state index contributed by atoms with van der Waals surface area (Å²) in [4.78, 5) is 24.1. The molecule has 0 unspecified atom stereocenters. The summed E-state index contributed by atoms with van der Waals surface area (Å²) in [5, 5.41) is 3.93. The number of nitrogens with one attached hydrogen (secondary N) is 1. The first-order valence-electron chi connectivity index (χ1n) is 9.82. The standard InChI is InChI=1S/C25H24N2O4/c1-17-7-11-21(12-8-17)25(29)31-22-13-9-20(10-14-22)15-26-27-24(28)16-30-23-6-4-5-18(2)19(23)3/h4-15H,16H2,1-3H3,(H,27,28)/b26-15+. The maximum absolute atomic E-state index is 12.2. The molecule has 6 nitrogen and oxygen atoms in total. The second-order valence-electron chi connectivity index (χ2n) is 7.10. The predicted octanol–water partition coefficient (Wildman–Crippen LogP) is 4.36. The molecule has 6 heteroatoms. The quantitative estimate of drug-likeness (QED) is 0.269. The molecule has 0 saturated carbocycles. The molecule has 0 spiro atoms. The average molecular weight is 416 g/mol. The Kier molecular flexibility index (Phi) is 7.17. The van der Waals surface area contributed by atoms with Crippen LogP contribution in [0.1, 0.15) is 32.6 Å². The van der Waals surface area contributed by atoms with Crippen molar-refractivity contribution in [1.29, 1.82) is 0 Å². The predicted molar refractivity (Wildman–Crippen MR) is 120 cm³/mol. The van der Waals surface area contributed by atoms with E-state index in [0.717, 1.165) is 22.3 Å². The van der Waals surface area contributed by atoms with Gasteiger partial charge in [0.1, 0.15) is 11.5 Å². The van der Waals surface area contributed by atoms with E-state index < -0.39 is 5.97 Å². The number of hydrazone groups is 1. The van der Waals surface area contributed by atoms with Crippen LogP contribution in [-0.2, 0) is 4.79 Å². The number of hydrogen-bond acceptors (Lipinski definition) is 5. The summed E-state index contributed by atoms with van der Waals surface area (Å²) in [6.07, 6.45) is 1.50. The molecule has 0 fully saturated rings. The largest absolute Gasteiger partial charge is 0.483 e. The third-order valence-corrected chi connectivity index (χ3v) is 4.69. The molecular formula is C25H24N2O4. The van der Waals surface area contributed by atoms with Crippen molar-refractivity contribution >= 4 is 18.1 Å². The van der Waals surface area contributed by atoms with Crippen LogP contribution in [0.4, 0.5) is 0 Å². The first kappa shape index (κ1) is 21.8. The Morgan fingerprint density at radius 2 is 1.65 bits per heavy atom. The Balaban J connectivity index is 1.47. The maximum Gasteiger partial charge on any atom is 0.343 e. The molecule has 158 valence electrons. The Morgan fingerprint density at radius 3 is 2.35 bits per heavy atom. The fraction of sp³-hybridized carbons (Fsp3) is 0.160. The molecule has 3 rings (SSSR count). The van der Waals surface area contributed by atoms with Crippen molar-refractivity contribution in [2.24, 2.45) is 5.10 Å². The van der Waals surface area contributed by atoms with E-state index in [1.54, 1.807) is 36.4 Å². The number of carbonyl (C=O) groups is 2. The molecule has 0 heterocycles. The Morgan fingerprint density at radius 1 is 0.935 bits per heavy atom. The Labute approximate surface area is 181 Å². The lowest BCUT2D eigenvalue weighted by atomic mass is 10.1. The number of hydrogen-bond donors (Lipinski definition) is 1. The van der Waals surface area contributed by atoms with E-state index in [0.29, 0.717) is 17.1 Å². The van der Waals surface area contributed by atoms with Crippen LogP contribution in [-0.4, -0.2) is 24.7 Å². The number of carbonyl (C=O) groups excluding carboxylic acids is 2. The van der Waals surface area contributed by atoms with Gasteiger partial charge < -0.3 is 9.47 Å². The van der Waals surface area contributed by atoms with Gasteiger partial charge >= 0.3 is 5.97 Å². The summed E-state index contributed by atoms with van der Waals surface area (Å²) in [6.45, 7) is 5.76. The van der Waals surface area contributed by atoms with E-state index in [1.165, 1.54) is 6.21 Å². The topological polar surface area (TPSA) is 77.0 Å². The first-order chi connectivity index (χ1) is 14.9. The summed E-state index contributed by atoms with van der Waals surface area (Å²) in [6, 6.07) is 19.7. The second-order valence-corrected chi connectivity index (χ2v) is 7.10. The van der Waals surface area contributed by atoms with Gasteiger partial charge in [-0.15, -0.1) is 0 Å². The number of nitrogens with zero attached hydrogens (tertiary/aromatic N) is 1. The summed E-state index contributed by atoms with van der Waals surface area (Å²) in [7, 11) is 0. The summed E-state index contributed by atoms with van der Waals surface area (Å²) < 4.78 is 10.9. The average Bonchev–Trinajstić information content (AvgIpc) is 2.76. The minimum atomic E-state index is -0.419. The van der Waals surface area contributed by atoms with Crippen molar-refractivity contribution < 1.29 is 19.1 Å². The molecule has 0 atom stereocenters. The van der Waals surface area contributed by atoms with Gasteiger partial charge in [0.05, 0.1) is 11.8 Å². The number of amides is 1. The van der Waals surface area contributed by atoms with E-state index in [2.05, 4.69) is 10.5 Å². The van der Waals surface area contributed by atoms with Crippen molar-refractivity contribution in [2.45, 2.75) is 20.8 Å². The minimum Gasteiger partial charge on any atom is -0.483 e. The monoisotopic (exact) mass is 416 g/mol. The van der Waals surface area contributed by atoms with Crippen LogP contribution in [0.25, 0.3) is 0 Å². The van der Waals surface area contributed by atoms with E-state index in [4.69, 9.17) is 9.47 Å². The van der Waals surface area contributed by atoms with Crippen molar-refractivity contribution in [1.82, 2.24) is 5.43 Å². The van der Waals surface area contributed by atoms with Crippen LogP contribution in [0.3, 0.4) is 0 Å². The molecule has 0 aliphatic rings. The Bertz CT molecular complexity index is 1090. The van der Waals surface area contributed by atoms with E-state index in [1.807, 2.05) is 51.1 Å². The smallest absolute Gasteiger partial charge is 0.343 e. The highest BCUT2D eigenvalue weighted by Crippen LogP contribution is 2.20. The minimum absolute atomic E-state index is 0.129. The third kappa shape index (κ3) is 6.27. The zero-order valence-electron chi connectivity index (χ0n) is 17.7. The third-order valence-electron chi connectivity index (χ3n) is 4.69. The second kappa shape index (κ2) is 10.2. The highest BCUT2D eigenvalue weighted by molar-refractivity contribution is 5.91. The molecule has 1 N–H and O–H groups in total. The van der Waals surface area contributed by atoms with Gasteiger partial charge in [0.2, 0.25) is 0 Å². The Hall–Kier alpha value is -3.93. The van der Waals surface area contributed by atoms with Crippen LogP contribution in [0.15, 0.2) is 71.8 Å². The lowest BCUT2D eigenvalue weighted by Gasteiger charge is -2.09. The lowest BCUT2D eigenvalue weighted by Crippen LogP contribution is -2.24. The van der Waals surface area contributed by atoms with Crippen LogP contribution in [0.5, 0.6) is 11.5 Å². The van der Waals surface area contributed by atoms with Gasteiger partial charge in [-0.3, -0.25) is 4.79 Å². The van der Waals surface area contributed by atoms with E-state index in [9.17, 15) is 9.59 Å². The molecule has 3 aromatic carbocycles. The molecule has 0 bridgehead atoms. The fourth-order valence-corrected chi connectivity index (χ4v) is 2.71. The molecule has 0 aromatic heterocycles. The molecule has 3 aromatic rings. The van der Waals surface area contributed by atoms with Gasteiger partial charge in [0.25, 0.3) is 5.91 Å². The molecule has 0 saturated heterocycles. The number of rotatable bonds is 7. The zero-order chi connectivity index (χ0) is 22.2. The maximum atomic E-state index is 12.2. The fourth-order valence-electron chi connectivity index (χ4n) is 2.71. The molecule has 1 amide bonds. The van der Waals surface area contributed by atoms with Crippen LogP contribution in [0, 0.1) is 20.8 Å². The summed E-state index contributed by atoms with van der Waals surface area (Å²) in [5.41, 5.74) is 6.83. The number of benzene rings is 3. The highest BCUT2D eigenvalue weighted by Gasteiger charge is 2.08. The lowest BCUT2D eigenvalue weighted by molar-refractivity contribution is -0.123. The highest BCUT2D eigenvalue weighted by atomic mass is 16.5. The molecular weight excluding hydrogens is 392 g/mol. The van der Waals surface area contributed by atoms with E-state index >= 15 is 0 Å². The van der Waals surface area contributed by atoms with Gasteiger partial charge in [-0.2, -0.15) is 5.10 Å². The van der Waals surface area contributed by atoms with E-state index in [-0.39, 0.29) is 12.5 Å². The van der Waals surface area contributed by atoms with Crippen molar-refractivity contribution in [3.63, 3.8) is 0 Å². The van der Waals surface area contributed by atoms with Crippen LogP contribution < -0.4 is 14.9 Å². The molecule has 0 radical (unpaired) electrons. The molecule has 0 aliphatic heterocycles. The van der Waals surface area contributed by atoms with Gasteiger partial charge in [0, 0.05) is 0 Å². The van der Waals surface area contributed by atoms with Crippen molar-refractivity contribution in [3.05, 3.63) is 94.5 Å². The van der Waals surface area contributed by atoms with Crippen LogP contribution >= 0.6 is 0 Å². The van der Waals surface area contributed by atoms with Gasteiger partial charge in [-0.25, -0.2) is 10.2 Å². The summed E-state index contributed by atoms with van der Waals surface area (Å²) in [5.74, 6) is 0.321. The zero-order valence-corrected chi connectivity index (χ0v) is 17.7. The van der Waals surface area contributed by atoms with Gasteiger partial charge in [-0.05, 0) is 79.9 Å². The van der Waals surface area contributed by atoms with Crippen molar-refractivity contribution in [3.8, 4) is 11.5 Å². The number of ether oxygens (including phenoxy) is 2. The molecule has 31 heavy (non-hydrogen) atoms. The number of aryl methyl sites for hydroxylation is 2. The van der Waals surface area contributed by atoms with Crippen molar-refractivity contribution in [2.75, 3.05) is 6.61 Å². The number of esters is 1. The normalized spacial score (nSPS) is 10.7. The molecule has 0 aliphatic carbocycles.